The Hall–Kier alpha value is -1.24. The van der Waals surface area contributed by atoms with E-state index in [0.29, 0.717) is 0 Å². The van der Waals surface area contributed by atoms with Crippen molar-refractivity contribution < 1.29 is 0 Å². The molecule has 6 heteroatoms. The third-order valence-corrected chi connectivity index (χ3v) is 5.07. The molecule has 0 amide bonds. The average molecular weight is 305 g/mol. The molecule has 1 aliphatic rings. The lowest BCUT2D eigenvalue weighted by molar-refractivity contribution is 0.138. The van der Waals surface area contributed by atoms with Crippen LogP contribution in [0, 0.1) is 0 Å². The van der Waals surface area contributed by atoms with E-state index in [9.17, 15) is 0 Å². The number of nitrogens with one attached hydrogen (secondary N) is 1. The van der Waals surface area contributed by atoms with Crippen molar-refractivity contribution in [2.24, 2.45) is 0 Å². The summed E-state index contributed by atoms with van der Waals surface area (Å²) >= 11 is 1.68. The van der Waals surface area contributed by atoms with Gasteiger partial charge < -0.3 is 10.2 Å². The Bertz CT molecular complexity index is 601. The first kappa shape index (κ1) is 14.7. The Morgan fingerprint density at radius 3 is 2.76 bits per heavy atom. The third kappa shape index (κ3) is 3.17. The van der Waals surface area contributed by atoms with E-state index in [-0.39, 0.29) is 0 Å². The van der Waals surface area contributed by atoms with Gasteiger partial charge in [0.25, 0.3) is 0 Å². The second-order valence-corrected chi connectivity index (χ2v) is 6.74. The van der Waals surface area contributed by atoms with Crippen molar-refractivity contribution >= 4 is 27.4 Å². The van der Waals surface area contributed by atoms with E-state index in [4.69, 9.17) is 4.98 Å². The fourth-order valence-electron chi connectivity index (χ4n) is 2.95. The molecule has 0 atom stereocenters. The molecular weight excluding hydrogens is 282 g/mol. The topological polar surface area (TPSA) is 44.3 Å². The fraction of sp³-hybridized carbons (Fsp3) is 0.600. The van der Waals surface area contributed by atoms with Gasteiger partial charge in [0.1, 0.15) is 16.5 Å². The van der Waals surface area contributed by atoms with E-state index in [1.54, 1.807) is 11.3 Å². The first-order valence-electron chi connectivity index (χ1n) is 7.48. The van der Waals surface area contributed by atoms with Crippen LogP contribution in [0.2, 0.25) is 0 Å². The standard InChI is InChI=1S/C15H23N5S/c1-16-14-12-6-9-21-15(12)18-13(17-14)10-20-7-4-11(5-8-20)19(2)3/h6,9,11H,4-5,7-8,10H2,1-3H3,(H,16,17,18). The lowest BCUT2D eigenvalue weighted by atomic mass is 10.0. The quantitative estimate of drug-likeness (QED) is 0.938. The predicted octanol–water partition coefficient (Wildman–Crippen LogP) is 2.26. The summed E-state index contributed by atoms with van der Waals surface area (Å²) in [6.45, 7) is 3.11. The number of hydrogen-bond donors (Lipinski definition) is 1. The Morgan fingerprint density at radius 2 is 2.10 bits per heavy atom. The minimum absolute atomic E-state index is 0.717. The molecule has 3 heterocycles. The number of thiophene rings is 1. The number of aromatic nitrogens is 2. The zero-order valence-corrected chi connectivity index (χ0v) is 13.8. The number of hydrogen-bond acceptors (Lipinski definition) is 6. The van der Waals surface area contributed by atoms with E-state index in [1.807, 2.05) is 7.05 Å². The van der Waals surface area contributed by atoms with Gasteiger partial charge in [-0.15, -0.1) is 11.3 Å². The van der Waals surface area contributed by atoms with Crippen LogP contribution in [0.4, 0.5) is 5.82 Å². The zero-order valence-electron chi connectivity index (χ0n) is 13.0. The first-order chi connectivity index (χ1) is 10.2. The Morgan fingerprint density at radius 1 is 1.33 bits per heavy atom. The molecule has 0 unspecified atom stereocenters. The maximum absolute atomic E-state index is 4.71. The Labute approximate surface area is 130 Å². The van der Waals surface area contributed by atoms with Crippen molar-refractivity contribution in [1.29, 1.82) is 0 Å². The molecule has 2 aromatic heterocycles. The molecule has 1 fully saturated rings. The molecule has 0 bridgehead atoms. The van der Waals surface area contributed by atoms with Gasteiger partial charge in [-0.25, -0.2) is 9.97 Å². The number of rotatable bonds is 4. The largest absolute Gasteiger partial charge is 0.372 e. The highest BCUT2D eigenvalue weighted by Gasteiger charge is 2.21. The van der Waals surface area contributed by atoms with E-state index in [1.165, 1.54) is 12.8 Å². The van der Waals surface area contributed by atoms with E-state index < -0.39 is 0 Å². The zero-order chi connectivity index (χ0) is 14.8. The number of likely N-dealkylation sites (tertiary alicyclic amines) is 1. The smallest absolute Gasteiger partial charge is 0.146 e. The summed E-state index contributed by atoms with van der Waals surface area (Å²) in [6.07, 6.45) is 2.46. The molecule has 1 saturated heterocycles. The summed E-state index contributed by atoms with van der Waals surface area (Å²) in [5, 5.41) is 6.38. The molecule has 3 rings (SSSR count). The van der Waals surface area contributed by atoms with Gasteiger partial charge in [-0.3, -0.25) is 4.90 Å². The van der Waals surface area contributed by atoms with Crippen molar-refractivity contribution in [1.82, 2.24) is 19.8 Å². The Kier molecular flexibility index (Phi) is 4.37. The highest BCUT2D eigenvalue weighted by atomic mass is 32.1. The van der Waals surface area contributed by atoms with Crippen molar-refractivity contribution in [2.45, 2.75) is 25.4 Å². The van der Waals surface area contributed by atoms with Crippen LogP contribution in [-0.2, 0) is 6.54 Å². The first-order valence-corrected chi connectivity index (χ1v) is 8.36. The van der Waals surface area contributed by atoms with Crippen molar-refractivity contribution in [3.05, 3.63) is 17.3 Å². The van der Waals surface area contributed by atoms with Crippen LogP contribution >= 0.6 is 11.3 Å². The summed E-state index contributed by atoms with van der Waals surface area (Å²) in [7, 11) is 6.27. The Balaban J connectivity index is 1.71. The molecule has 5 nitrogen and oxygen atoms in total. The number of fused-ring (bicyclic) bond motifs is 1. The van der Waals surface area contributed by atoms with Gasteiger partial charge >= 0.3 is 0 Å². The maximum atomic E-state index is 4.71. The second kappa shape index (κ2) is 6.25. The molecular formula is C15H23N5S. The van der Waals surface area contributed by atoms with Crippen LogP contribution in [0.25, 0.3) is 10.2 Å². The maximum Gasteiger partial charge on any atom is 0.146 e. The molecule has 0 saturated carbocycles. The predicted molar refractivity (Wildman–Crippen MR) is 88.9 cm³/mol. The molecule has 1 aliphatic heterocycles. The van der Waals surface area contributed by atoms with Crippen molar-refractivity contribution in [3.63, 3.8) is 0 Å². The van der Waals surface area contributed by atoms with E-state index >= 15 is 0 Å². The van der Waals surface area contributed by atoms with E-state index in [0.717, 1.165) is 47.5 Å². The van der Waals surface area contributed by atoms with Gasteiger partial charge in [-0.05, 0) is 38.4 Å². The van der Waals surface area contributed by atoms with Crippen molar-refractivity contribution in [3.8, 4) is 0 Å². The lowest BCUT2D eigenvalue weighted by Gasteiger charge is -2.34. The normalized spacial score (nSPS) is 17.7. The molecule has 114 valence electrons. The highest BCUT2D eigenvalue weighted by molar-refractivity contribution is 7.16. The molecule has 0 spiro atoms. The molecule has 2 aromatic rings. The number of piperidine rings is 1. The summed E-state index contributed by atoms with van der Waals surface area (Å²) in [6, 6.07) is 2.80. The summed E-state index contributed by atoms with van der Waals surface area (Å²) in [5.74, 6) is 1.87. The summed E-state index contributed by atoms with van der Waals surface area (Å²) in [4.78, 5) is 15.3. The van der Waals surface area contributed by atoms with Crippen LogP contribution in [0.5, 0.6) is 0 Å². The molecule has 0 aliphatic carbocycles. The minimum Gasteiger partial charge on any atom is -0.372 e. The summed E-state index contributed by atoms with van der Waals surface area (Å²) < 4.78 is 0. The van der Waals surface area contributed by atoms with E-state index in [2.05, 4.69) is 45.6 Å². The van der Waals surface area contributed by atoms with Gasteiger partial charge in [0.2, 0.25) is 0 Å². The van der Waals surface area contributed by atoms with Crippen LogP contribution in [0.15, 0.2) is 11.4 Å². The van der Waals surface area contributed by atoms with Gasteiger partial charge in [0.15, 0.2) is 0 Å². The van der Waals surface area contributed by atoms with Gasteiger partial charge in [-0.1, -0.05) is 0 Å². The van der Waals surface area contributed by atoms with Gasteiger partial charge in [0.05, 0.1) is 11.9 Å². The monoisotopic (exact) mass is 305 g/mol. The van der Waals surface area contributed by atoms with Crippen LogP contribution in [0.3, 0.4) is 0 Å². The molecule has 21 heavy (non-hydrogen) atoms. The summed E-state index contributed by atoms with van der Waals surface area (Å²) in [5.41, 5.74) is 0. The van der Waals surface area contributed by atoms with Crippen LogP contribution in [0.1, 0.15) is 18.7 Å². The minimum atomic E-state index is 0.717. The second-order valence-electron chi connectivity index (χ2n) is 5.85. The SMILES string of the molecule is CNc1nc(CN2CCC(N(C)C)CC2)nc2sccc12. The van der Waals surface area contributed by atoms with Crippen LogP contribution in [-0.4, -0.2) is 60.0 Å². The lowest BCUT2D eigenvalue weighted by Crippen LogP contribution is -2.41. The third-order valence-electron chi connectivity index (χ3n) is 4.26. The molecule has 0 aromatic carbocycles. The van der Waals surface area contributed by atoms with Crippen LogP contribution < -0.4 is 5.32 Å². The van der Waals surface area contributed by atoms with Crippen molar-refractivity contribution in [2.75, 3.05) is 39.5 Å². The molecule has 0 radical (unpaired) electrons. The molecule has 1 N–H and O–H groups in total. The number of nitrogens with zero attached hydrogens (tertiary/aromatic N) is 4. The highest BCUT2D eigenvalue weighted by Crippen LogP contribution is 2.25. The number of anilines is 1. The fourth-order valence-corrected chi connectivity index (χ4v) is 3.74. The van der Waals surface area contributed by atoms with Gasteiger partial charge in [0, 0.05) is 26.2 Å². The van der Waals surface area contributed by atoms with Gasteiger partial charge in [-0.2, -0.15) is 0 Å². The average Bonchev–Trinajstić information content (AvgIpc) is 2.95.